The van der Waals surface area contributed by atoms with E-state index in [2.05, 4.69) is 80.1 Å². The fourth-order valence-electron chi connectivity index (χ4n) is 6.69. The Morgan fingerprint density at radius 2 is 1.03 bits per heavy atom. The molecule has 1 fully saturated rings. The number of piperidine rings is 1. The first-order valence-electron chi connectivity index (χ1n) is 23.4. The number of hydrogen-bond donors (Lipinski definition) is 1. The number of methoxy groups -OCH3 is 1. The lowest BCUT2D eigenvalue weighted by molar-refractivity contribution is 0.232. The van der Waals surface area contributed by atoms with Gasteiger partial charge in [-0.1, -0.05) is 18.2 Å². The van der Waals surface area contributed by atoms with E-state index in [0.717, 1.165) is 30.5 Å². The molecular weight excluding hydrogens is 957 g/mol. The zero-order valence-electron chi connectivity index (χ0n) is 41.1. The number of nitrogens with zero attached hydrogens (tertiary/aromatic N) is 21. The minimum atomic E-state index is 0.102. The number of hydrogen-bond acceptors (Lipinski definition) is 20. The maximum absolute atomic E-state index is 5.62. The van der Waals surface area contributed by atoms with Crippen LogP contribution in [0.3, 0.4) is 0 Å². The van der Waals surface area contributed by atoms with Crippen molar-refractivity contribution < 1.29 is 14.2 Å². The third-order valence-corrected chi connectivity index (χ3v) is 10.1. The molecule has 25 nitrogen and oxygen atoms in total. The standard InChI is InChI=1S/C13H10N4O.C12H15N5.C10H12N4O.C8H8N4O.C7H7N5/c1-2-5-11(6-3-1)18-13-9-12(14-10-15-13)17-8-4-7-16-17;1-2-6-16(7-3-1)11-9-12(14-10-13-11)17-8-4-5-15-17;1-8(2)15-10-6-9(11-7-12-10)14-5-3-4-13-14;1-13-7-2-3-10-8(11-7)12-5-4-9-6-12;8-6-4-7(10-5-9-6)12-3-1-2-11-12/h1-10H;4-5,8-10H,1-3,6-7H2;3-8H,1-2H3;2-6H,1H3;1-5H,(H2,8,9,10). The Labute approximate surface area is 430 Å². The first kappa shape index (κ1) is 51.0. The fraction of sp³-hybridized carbons (Fsp3) is 0.180. The van der Waals surface area contributed by atoms with Crippen LogP contribution >= 0.6 is 0 Å². The van der Waals surface area contributed by atoms with Crippen molar-refractivity contribution in [2.75, 3.05) is 30.8 Å². The van der Waals surface area contributed by atoms with Gasteiger partial charge in [0.15, 0.2) is 23.3 Å². The largest absolute Gasteiger partial charge is 0.481 e. The van der Waals surface area contributed by atoms with E-state index in [4.69, 9.17) is 19.9 Å². The summed E-state index contributed by atoms with van der Waals surface area (Å²) in [5, 5.41) is 16.4. The Kier molecular flexibility index (Phi) is 18.2. The molecule has 0 bridgehead atoms. The lowest BCUT2D eigenvalue weighted by Crippen LogP contribution is -2.30. The molecule has 1 aliphatic heterocycles. The average Bonchev–Trinajstić information content (AvgIpc) is 4.33. The third kappa shape index (κ3) is 15.6. The molecule has 1 aromatic carbocycles. The number of nitrogen functional groups attached to an aromatic ring is 1. The predicted octanol–water partition coefficient (Wildman–Crippen LogP) is 6.47. The van der Waals surface area contributed by atoms with E-state index >= 15 is 0 Å². The monoisotopic (exact) mass is 1010 g/mol. The van der Waals surface area contributed by atoms with Crippen molar-refractivity contribution in [1.29, 1.82) is 0 Å². The molecule has 1 saturated heterocycles. The van der Waals surface area contributed by atoms with Crippen LogP contribution in [-0.4, -0.2) is 125 Å². The Balaban J connectivity index is 0.000000125. The van der Waals surface area contributed by atoms with Gasteiger partial charge in [-0.3, -0.25) is 4.57 Å². The Hall–Kier alpha value is -10.3. The summed E-state index contributed by atoms with van der Waals surface area (Å²) in [4.78, 5) is 47.1. The van der Waals surface area contributed by atoms with Crippen LogP contribution in [0.5, 0.6) is 23.4 Å². The molecule has 0 amide bonds. The van der Waals surface area contributed by atoms with Gasteiger partial charge in [0.2, 0.25) is 23.6 Å². The molecule has 25 heteroatoms. The Morgan fingerprint density at radius 3 is 1.56 bits per heavy atom. The summed E-state index contributed by atoms with van der Waals surface area (Å²) in [6.45, 7) is 6.09. The van der Waals surface area contributed by atoms with Crippen LogP contribution in [0.1, 0.15) is 33.1 Å². The number of imidazole rings is 1. The summed E-state index contributed by atoms with van der Waals surface area (Å²) < 4.78 is 24.5. The van der Waals surface area contributed by atoms with E-state index in [0.29, 0.717) is 46.9 Å². The van der Waals surface area contributed by atoms with Gasteiger partial charge in [-0.05, 0) is 69.5 Å². The quantitative estimate of drug-likeness (QED) is 0.145. The molecule has 11 heterocycles. The van der Waals surface area contributed by atoms with Gasteiger partial charge in [-0.15, -0.1) is 0 Å². The summed E-state index contributed by atoms with van der Waals surface area (Å²) in [5.41, 5.74) is 5.47. The van der Waals surface area contributed by atoms with Crippen LogP contribution in [0.15, 0.2) is 185 Å². The average molecular weight is 1010 g/mol. The molecule has 11 aromatic rings. The molecule has 0 aliphatic carbocycles. The van der Waals surface area contributed by atoms with Crippen molar-refractivity contribution >= 4 is 11.6 Å². The van der Waals surface area contributed by atoms with Gasteiger partial charge in [0.25, 0.3) is 0 Å². The highest BCUT2D eigenvalue weighted by atomic mass is 16.5. The van der Waals surface area contributed by atoms with Gasteiger partial charge in [-0.25, -0.2) is 68.6 Å². The summed E-state index contributed by atoms with van der Waals surface area (Å²) in [5.74, 6) is 7.19. The van der Waals surface area contributed by atoms with E-state index in [1.54, 1.807) is 117 Å². The zero-order valence-corrected chi connectivity index (χ0v) is 41.1. The molecule has 0 spiro atoms. The SMILES string of the molecule is CC(C)Oc1cc(-n2cccn2)ncn1.COc1ccnc(-n2ccnc2)n1.Nc1cc(-n2cccn2)ncn1.c1ccc(Oc2cc(-n3cccn3)ncn2)cc1.c1cnn(-c2cc(N3CCCCC3)ncn2)c1. The van der Waals surface area contributed by atoms with Crippen molar-refractivity contribution in [2.45, 2.75) is 39.2 Å². The van der Waals surface area contributed by atoms with Crippen molar-refractivity contribution in [3.8, 4) is 52.6 Å². The molecule has 1 aliphatic rings. The van der Waals surface area contributed by atoms with Crippen LogP contribution in [0.4, 0.5) is 11.6 Å². The third-order valence-electron chi connectivity index (χ3n) is 10.1. The number of aromatic nitrogens is 20. The number of benzene rings is 1. The minimum Gasteiger partial charge on any atom is -0.481 e. The van der Waals surface area contributed by atoms with Crippen molar-refractivity contribution in [1.82, 2.24) is 98.5 Å². The van der Waals surface area contributed by atoms with Crippen LogP contribution in [0.25, 0.3) is 29.2 Å². The Morgan fingerprint density at radius 1 is 0.493 bits per heavy atom. The Bertz CT molecular complexity index is 3300. The van der Waals surface area contributed by atoms with E-state index in [1.165, 1.54) is 38.2 Å². The molecule has 0 radical (unpaired) electrons. The van der Waals surface area contributed by atoms with E-state index < -0.39 is 0 Å². The van der Waals surface area contributed by atoms with Crippen LogP contribution < -0.4 is 24.8 Å². The van der Waals surface area contributed by atoms with Crippen molar-refractivity contribution in [3.05, 3.63) is 185 Å². The smallest absolute Gasteiger partial charge is 0.238 e. The molecule has 10 aromatic heterocycles. The molecule has 0 unspecified atom stereocenters. The second-order valence-electron chi connectivity index (χ2n) is 15.8. The molecule has 2 N–H and O–H groups in total. The lowest BCUT2D eigenvalue weighted by atomic mass is 10.1. The first-order chi connectivity index (χ1) is 36.9. The number of ether oxygens (including phenoxy) is 3. The number of nitrogens with two attached hydrogens (primary N) is 1. The van der Waals surface area contributed by atoms with Gasteiger partial charge in [0.05, 0.1) is 13.2 Å². The highest BCUT2D eigenvalue weighted by molar-refractivity contribution is 5.43. The molecule has 12 rings (SSSR count). The topological polar surface area (TPSA) is 275 Å². The lowest BCUT2D eigenvalue weighted by Gasteiger charge is -2.27. The van der Waals surface area contributed by atoms with Gasteiger partial charge < -0.3 is 24.8 Å². The molecule has 75 heavy (non-hydrogen) atoms. The highest BCUT2D eigenvalue weighted by Gasteiger charge is 2.13. The van der Waals surface area contributed by atoms with Crippen molar-refractivity contribution in [2.24, 2.45) is 0 Å². The van der Waals surface area contributed by atoms with E-state index in [9.17, 15) is 0 Å². The van der Waals surface area contributed by atoms with Crippen LogP contribution in [0, 0.1) is 0 Å². The first-order valence-corrected chi connectivity index (χ1v) is 23.4. The second-order valence-corrected chi connectivity index (χ2v) is 15.8. The van der Waals surface area contributed by atoms with Gasteiger partial charge in [0, 0.05) is 112 Å². The second kappa shape index (κ2) is 26.8. The maximum atomic E-state index is 5.62. The summed E-state index contributed by atoms with van der Waals surface area (Å²) >= 11 is 0. The van der Waals surface area contributed by atoms with Crippen LogP contribution in [0.2, 0.25) is 0 Å². The van der Waals surface area contributed by atoms with Gasteiger partial charge in [0.1, 0.15) is 49.0 Å². The maximum Gasteiger partial charge on any atom is 0.238 e. The number of para-hydroxylation sites is 1. The molecule has 380 valence electrons. The summed E-state index contributed by atoms with van der Waals surface area (Å²) in [6.07, 6.45) is 30.7. The molecule has 0 atom stereocenters. The zero-order chi connectivity index (χ0) is 51.9. The van der Waals surface area contributed by atoms with Crippen LogP contribution in [-0.2, 0) is 0 Å². The molecule has 0 saturated carbocycles. The van der Waals surface area contributed by atoms with E-state index in [-0.39, 0.29) is 6.10 Å². The normalized spacial score (nSPS) is 11.5. The van der Waals surface area contributed by atoms with Crippen molar-refractivity contribution in [3.63, 3.8) is 0 Å². The number of anilines is 2. The van der Waals surface area contributed by atoms with Gasteiger partial charge in [-0.2, -0.15) is 25.4 Å². The summed E-state index contributed by atoms with van der Waals surface area (Å²) in [7, 11) is 1.57. The highest BCUT2D eigenvalue weighted by Crippen LogP contribution is 2.21. The van der Waals surface area contributed by atoms with E-state index in [1.807, 2.05) is 93.1 Å². The summed E-state index contributed by atoms with van der Waals surface area (Å²) in [6, 6.07) is 25.7. The predicted molar refractivity (Wildman–Crippen MR) is 275 cm³/mol. The molecular formula is C50H52N22O3. The van der Waals surface area contributed by atoms with Gasteiger partial charge >= 0.3 is 0 Å². The number of rotatable bonds is 11. The fourth-order valence-corrected chi connectivity index (χ4v) is 6.69. The minimum absolute atomic E-state index is 0.102.